The topological polar surface area (TPSA) is 76.0 Å². The van der Waals surface area contributed by atoms with Crippen molar-refractivity contribution in [3.05, 3.63) is 77.4 Å². The molecule has 5 nitrogen and oxygen atoms in total. The first-order valence-corrected chi connectivity index (χ1v) is 20.7. The van der Waals surface area contributed by atoms with Gasteiger partial charge >= 0.3 is 0 Å². The van der Waals surface area contributed by atoms with Gasteiger partial charge in [-0.2, -0.15) is 0 Å². The number of nitrogens with zero attached hydrogens (tertiary/aromatic N) is 3. The average Bonchev–Trinajstić information content (AvgIpc) is 3.70. The molecule has 5 aromatic rings. The third-order valence-corrected chi connectivity index (χ3v) is 12.2. The first kappa shape index (κ1) is 43.7. The number of benzene rings is 2. The van der Waals surface area contributed by atoms with Crippen LogP contribution in [-0.2, 0) is 36.7 Å². The summed E-state index contributed by atoms with van der Waals surface area (Å²) < 4.78 is 2.45. The Morgan fingerprint density at radius 3 is 2.11 bits per heavy atom. The van der Waals surface area contributed by atoms with Crippen molar-refractivity contribution >= 4 is 48.3 Å². The monoisotopic (exact) mass is 925 g/mol. The fourth-order valence-electron chi connectivity index (χ4n) is 8.66. The van der Waals surface area contributed by atoms with Gasteiger partial charge in [-0.3, -0.25) is 14.8 Å². The zero-order valence-electron chi connectivity index (χ0n) is 34.6. The summed E-state index contributed by atoms with van der Waals surface area (Å²) in [7, 11) is 0. The molecule has 1 radical (unpaired) electrons. The largest absolute Gasteiger partial charge is 0.512 e. The number of hydrogen-bond donors (Lipinski definition) is 1. The van der Waals surface area contributed by atoms with Crippen LogP contribution in [0.15, 0.2) is 54.6 Å². The van der Waals surface area contributed by atoms with Crippen molar-refractivity contribution in [1.29, 1.82) is 0 Å². The van der Waals surface area contributed by atoms with E-state index in [0.717, 1.165) is 44.0 Å². The number of aryl methyl sites for hydroxylation is 1. The van der Waals surface area contributed by atoms with Crippen molar-refractivity contribution in [2.24, 2.45) is 41.4 Å². The number of ketones is 1. The molecule has 0 saturated heterocycles. The number of thiophene rings is 1. The maximum absolute atomic E-state index is 12.3. The summed E-state index contributed by atoms with van der Waals surface area (Å²) in [6, 6.07) is 17.0. The van der Waals surface area contributed by atoms with E-state index in [0.29, 0.717) is 23.7 Å². The van der Waals surface area contributed by atoms with Crippen LogP contribution in [0.25, 0.3) is 42.5 Å². The summed E-state index contributed by atoms with van der Waals surface area (Å²) in [5, 5.41) is 12.5. The van der Waals surface area contributed by atoms with Gasteiger partial charge in [-0.1, -0.05) is 137 Å². The molecule has 1 N–H and O–H groups in total. The van der Waals surface area contributed by atoms with Gasteiger partial charge in [-0.25, -0.2) is 4.98 Å². The van der Waals surface area contributed by atoms with Gasteiger partial charge in [0.15, 0.2) is 5.78 Å². The number of pyridine rings is 1. The minimum Gasteiger partial charge on any atom is -0.512 e. The SMILES string of the molecule is CC(C)C(C(=O)/C=C(\O)C(C(C)C)C(C)C)C(C)C.Cc1ccc2[c-]c(-c3ncnc4c3sc3cc(CC5CCCC5)ccc34)cc(C(C)(C)C)c2n1.[Ir]. The molecule has 1 aliphatic rings. The van der Waals surface area contributed by atoms with E-state index in [1.54, 1.807) is 6.33 Å². The number of aliphatic hydroxyl groups is 1. The van der Waals surface area contributed by atoms with Gasteiger partial charge in [0.2, 0.25) is 0 Å². The van der Waals surface area contributed by atoms with Crippen LogP contribution in [0.3, 0.4) is 0 Å². The number of aliphatic hydroxyl groups excluding tert-OH is 1. The van der Waals surface area contributed by atoms with Crippen molar-refractivity contribution in [1.82, 2.24) is 15.0 Å². The second-order valence-corrected chi connectivity index (χ2v) is 18.9. The molecule has 54 heavy (non-hydrogen) atoms. The maximum atomic E-state index is 12.3. The second kappa shape index (κ2) is 18.3. The first-order valence-electron chi connectivity index (χ1n) is 19.9. The Morgan fingerprint density at radius 1 is 0.889 bits per heavy atom. The van der Waals surface area contributed by atoms with Crippen molar-refractivity contribution in [2.45, 2.75) is 121 Å². The number of aromatic nitrogens is 3. The Hall–Kier alpha value is -2.99. The normalized spacial score (nSPS) is 14.4. The minimum atomic E-state index is -0.0374. The standard InChI is InChI=1S/C30H30N3S.C17H32O2.Ir/c1-18-9-11-21-15-22(16-24(26(21)33-18)30(2,3)4)27-29-28(32-17-31-27)23-12-10-20(14-25(23)34-29)13-19-7-5-6-8-19;1-10(2)16(11(3)4)14(18)9-15(19)17(12(5)6)13(7)8;/h9-12,14,16-17,19H,5-8,13H2,1-4H3;9-13,16-18H,1-8H3;/q-1;;/b;14-9-;. The van der Waals surface area contributed by atoms with E-state index >= 15 is 0 Å². The molecule has 293 valence electrons. The molecule has 0 amide bonds. The number of allylic oxidation sites excluding steroid dienone is 2. The summed E-state index contributed by atoms with van der Waals surface area (Å²) in [4.78, 5) is 26.7. The quantitative estimate of drug-likeness (QED) is 0.0858. The van der Waals surface area contributed by atoms with Crippen molar-refractivity contribution < 1.29 is 30.0 Å². The Kier molecular flexibility index (Phi) is 14.8. The summed E-state index contributed by atoms with van der Waals surface area (Å²) in [5.41, 5.74) is 7.75. The summed E-state index contributed by atoms with van der Waals surface area (Å²) in [5.74, 6) is 2.48. The van der Waals surface area contributed by atoms with Crippen LogP contribution in [0.4, 0.5) is 0 Å². The summed E-state index contributed by atoms with van der Waals surface area (Å²) in [6.45, 7) is 25.4. The molecular weight excluding hydrogens is 863 g/mol. The molecule has 3 aromatic heterocycles. The molecule has 0 atom stereocenters. The van der Waals surface area contributed by atoms with Crippen LogP contribution in [0.1, 0.15) is 119 Å². The number of rotatable bonds is 10. The Bertz CT molecular complexity index is 2070. The summed E-state index contributed by atoms with van der Waals surface area (Å²) >= 11 is 1.82. The van der Waals surface area contributed by atoms with E-state index in [-0.39, 0.29) is 48.9 Å². The molecule has 6 rings (SSSR count). The fourth-order valence-corrected chi connectivity index (χ4v) is 9.88. The molecule has 1 saturated carbocycles. The third-order valence-electron chi connectivity index (χ3n) is 11.1. The second-order valence-electron chi connectivity index (χ2n) is 17.9. The molecule has 1 fully saturated rings. The molecule has 0 spiro atoms. The van der Waals surface area contributed by atoms with Gasteiger partial charge in [-0.15, -0.1) is 29.5 Å². The van der Waals surface area contributed by atoms with E-state index in [9.17, 15) is 9.90 Å². The van der Waals surface area contributed by atoms with Crippen molar-refractivity contribution in [3.8, 4) is 11.3 Å². The predicted molar refractivity (Wildman–Crippen MR) is 226 cm³/mol. The van der Waals surface area contributed by atoms with Gasteiger partial charge < -0.3 is 5.11 Å². The van der Waals surface area contributed by atoms with Gasteiger partial charge in [0, 0.05) is 69.7 Å². The van der Waals surface area contributed by atoms with Crippen LogP contribution in [0.5, 0.6) is 0 Å². The minimum absolute atomic E-state index is 0. The number of carbonyl (C=O) groups is 1. The molecule has 7 heteroatoms. The van der Waals surface area contributed by atoms with Crippen LogP contribution < -0.4 is 0 Å². The van der Waals surface area contributed by atoms with E-state index in [1.165, 1.54) is 59.4 Å². The smallest absolute Gasteiger partial charge is 0.162 e. The molecule has 1 aliphatic carbocycles. The molecule has 0 bridgehead atoms. The van der Waals surface area contributed by atoms with Crippen molar-refractivity contribution in [2.75, 3.05) is 0 Å². The molecule has 0 unspecified atom stereocenters. The zero-order valence-corrected chi connectivity index (χ0v) is 37.8. The third kappa shape index (κ3) is 10.1. The van der Waals surface area contributed by atoms with Gasteiger partial charge in [0.05, 0.1) is 11.3 Å². The Balaban J connectivity index is 0.000000281. The molecule has 3 heterocycles. The fraction of sp³-hybridized carbons (Fsp3) is 0.532. The predicted octanol–water partition coefficient (Wildman–Crippen LogP) is 13.0. The van der Waals surface area contributed by atoms with Crippen LogP contribution >= 0.6 is 11.3 Å². The summed E-state index contributed by atoms with van der Waals surface area (Å²) in [6.07, 6.45) is 9.92. The van der Waals surface area contributed by atoms with Crippen LogP contribution in [0, 0.1) is 54.4 Å². The average molecular weight is 925 g/mol. The number of carbonyl (C=O) groups excluding carboxylic acids is 1. The zero-order chi connectivity index (χ0) is 38.8. The van der Waals surface area contributed by atoms with Crippen molar-refractivity contribution in [3.63, 3.8) is 0 Å². The first-order chi connectivity index (χ1) is 25.0. The number of fused-ring (bicyclic) bond motifs is 4. The number of hydrogen-bond acceptors (Lipinski definition) is 6. The van der Waals surface area contributed by atoms with Gasteiger partial charge in [0.1, 0.15) is 6.33 Å². The van der Waals surface area contributed by atoms with E-state index in [1.807, 2.05) is 18.3 Å². The molecule has 2 aromatic carbocycles. The van der Waals surface area contributed by atoms with E-state index in [2.05, 4.69) is 119 Å². The van der Waals surface area contributed by atoms with Gasteiger partial charge in [0.25, 0.3) is 0 Å². The van der Waals surface area contributed by atoms with E-state index < -0.39 is 0 Å². The van der Waals surface area contributed by atoms with Crippen LogP contribution in [0.2, 0.25) is 0 Å². The van der Waals surface area contributed by atoms with Crippen LogP contribution in [-0.4, -0.2) is 25.8 Å². The molecule has 0 aliphatic heterocycles. The van der Waals surface area contributed by atoms with Gasteiger partial charge in [-0.05, 0) is 60.0 Å². The molecular formula is C47H62IrN3O2S-. The Labute approximate surface area is 342 Å². The Morgan fingerprint density at radius 2 is 1.52 bits per heavy atom. The maximum Gasteiger partial charge on any atom is 0.162 e. The van der Waals surface area contributed by atoms with E-state index in [4.69, 9.17) is 15.0 Å².